The highest BCUT2D eigenvalue weighted by molar-refractivity contribution is 7.91. The molecule has 0 aliphatic carbocycles. The maximum absolute atomic E-state index is 13.5. The van der Waals surface area contributed by atoms with Gasteiger partial charge in [0.2, 0.25) is 5.91 Å². The predicted octanol–water partition coefficient (Wildman–Crippen LogP) is 5.72. The van der Waals surface area contributed by atoms with E-state index in [1.165, 1.54) is 36.4 Å². The van der Waals surface area contributed by atoms with E-state index >= 15 is 0 Å². The van der Waals surface area contributed by atoms with Crippen molar-refractivity contribution in [1.29, 1.82) is 0 Å². The number of benzene rings is 3. The second-order valence-corrected chi connectivity index (χ2v) is 9.67. The van der Waals surface area contributed by atoms with Crippen LogP contribution in [0, 0.1) is 5.82 Å². The Morgan fingerprint density at radius 1 is 1.03 bits per heavy atom. The van der Waals surface area contributed by atoms with Gasteiger partial charge >= 0.3 is 6.61 Å². The first-order valence-corrected chi connectivity index (χ1v) is 11.8. The van der Waals surface area contributed by atoms with E-state index in [2.05, 4.69) is 10.1 Å². The number of carbonyl (C=O) groups is 1. The molecular weight excluding hydrogens is 479 g/mol. The van der Waals surface area contributed by atoms with E-state index in [-0.39, 0.29) is 39.3 Å². The average molecular weight is 498 g/mol. The monoisotopic (exact) mass is 497 g/mol. The Hall–Kier alpha value is -3.04. The molecule has 0 atom stereocenters. The van der Waals surface area contributed by atoms with E-state index in [1.54, 1.807) is 19.1 Å². The fourth-order valence-corrected chi connectivity index (χ4v) is 4.26. The fraction of sp³-hybridized carbons (Fsp3) is 0.174. The number of alkyl halides is 2. The summed E-state index contributed by atoms with van der Waals surface area (Å²) in [6.45, 7) is -1.59. The Kier molecular flexibility index (Phi) is 7.65. The standard InChI is InChI=1S/C23H19ClF3NO4S/c1-2-33(30,31)17-7-3-14(4-8-17)11-22(29)28-16-6-10-18(20(24)13-16)19-9-5-15(25)12-21(19)32-23(26)27/h3-10,12-13,23H,2,11H2,1H3,(H,28,29). The van der Waals surface area contributed by atoms with Gasteiger partial charge in [0.15, 0.2) is 9.84 Å². The molecule has 0 unspecified atom stereocenters. The molecule has 0 aliphatic heterocycles. The number of nitrogens with one attached hydrogen (secondary N) is 1. The van der Waals surface area contributed by atoms with Crippen LogP contribution in [0.4, 0.5) is 18.9 Å². The molecule has 0 aliphatic rings. The first-order chi connectivity index (χ1) is 15.6. The highest BCUT2D eigenvalue weighted by atomic mass is 35.5. The van der Waals surface area contributed by atoms with Gasteiger partial charge in [0.05, 0.1) is 22.1 Å². The molecule has 0 spiro atoms. The molecule has 0 fully saturated rings. The predicted molar refractivity (Wildman–Crippen MR) is 120 cm³/mol. The fourth-order valence-electron chi connectivity index (χ4n) is 3.10. The first kappa shape index (κ1) is 24.6. The molecule has 0 radical (unpaired) electrons. The van der Waals surface area contributed by atoms with Crippen molar-refractivity contribution in [3.8, 4) is 16.9 Å². The number of halogens is 4. The molecule has 5 nitrogen and oxygen atoms in total. The molecule has 174 valence electrons. The smallest absolute Gasteiger partial charge is 0.387 e. The van der Waals surface area contributed by atoms with Crippen molar-refractivity contribution in [1.82, 2.24) is 0 Å². The van der Waals surface area contributed by atoms with Crippen LogP contribution in [0.25, 0.3) is 11.1 Å². The van der Waals surface area contributed by atoms with Crippen molar-refractivity contribution in [2.45, 2.75) is 24.9 Å². The molecule has 0 saturated carbocycles. The number of hydrogen-bond donors (Lipinski definition) is 1. The van der Waals surface area contributed by atoms with E-state index in [0.717, 1.165) is 12.1 Å². The molecule has 1 amide bonds. The van der Waals surface area contributed by atoms with E-state index in [9.17, 15) is 26.4 Å². The summed E-state index contributed by atoms with van der Waals surface area (Å²) < 4.78 is 67.0. The van der Waals surface area contributed by atoms with Gasteiger partial charge in [-0.1, -0.05) is 36.7 Å². The quantitative estimate of drug-likeness (QED) is 0.432. The van der Waals surface area contributed by atoms with E-state index in [4.69, 9.17) is 11.6 Å². The lowest BCUT2D eigenvalue weighted by Gasteiger charge is -2.13. The Morgan fingerprint density at radius 2 is 1.70 bits per heavy atom. The minimum Gasteiger partial charge on any atom is -0.434 e. The summed E-state index contributed by atoms with van der Waals surface area (Å²) in [6, 6.07) is 13.7. The SMILES string of the molecule is CCS(=O)(=O)c1ccc(CC(=O)Nc2ccc(-c3ccc(F)cc3OC(F)F)c(Cl)c2)cc1. The van der Waals surface area contributed by atoms with E-state index in [0.29, 0.717) is 16.8 Å². The molecule has 1 N–H and O–H groups in total. The van der Waals surface area contributed by atoms with Gasteiger partial charge in [-0.3, -0.25) is 4.79 Å². The van der Waals surface area contributed by atoms with Crippen LogP contribution in [0.15, 0.2) is 65.6 Å². The second-order valence-electron chi connectivity index (χ2n) is 6.99. The molecule has 0 heterocycles. The number of anilines is 1. The Morgan fingerprint density at radius 3 is 2.30 bits per heavy atom. The van der Waals surface area contributed by atoms with Crippen LogP contribution in [-0.2, 0) is 21.1 Å². The first-order valence-electron chi connectivity index (χ1n) is 9.75. The third kappa shape index (κ3) is 6.27. The van der Waals surface area contributed by atoms with Gasteiger partial charge in [-0.15, -0.1) is 0 Å². The zero-order valence-corrected chi connectivity index (χ0v) is 18.9. The zero-order chi connectivity index (χ0) is 24.2. The van der Waals surface area contributed by atoms with Crippen molar-refractivity contribution in [3.63, 3.8) is 0 Å². The topological polar surface area (TPSA) is 72.5 Å². The molecular formula is C23H19ClF3NO4S. The maximum Gasteiger partial charge on any atom is 0.387 e. The minimum atomic E-state index is -3.32. The van der Waals surface area contributed by atoms with Gasteiger partial charge in [0, 0.05) is 22.9 Å². The minimum absolute atomic E-state index is 0.00381. The van der Waals surface area contributed by atoms with Gasteiger partial charge in [0.25, 0.3) is 0 Å². The van der Waals surface area contributed by atoms with Gasteiger partial charge in [-0.2, -0.15) is 8.78 Å². The molecule has 3 rings (SSSR count). The van der Waals surface area contributed by atoms with Crippen molar-refractivity contribution in [2.75, 3.05) is 11.1 Å². The normalized spacial score (nSPS) is 11.5. The third-order valence-corrected chi connectivity index (χ3v) is 6.79. The Bertz CT molecular complexity index is 1270. The number of ether oxygens (including phenoxy) is 1. The van der Waals surface area contributed by atoms with Crippen LogP contribution < -0.4 is 10.1 Å². The molecule has 0 saturated heterocycles. The maximum atomic E-state index is 13.5. The van der Waals surface area contributed by atoms with Crippen LogP contribution in [0.1, 0.15) is 12.5 Å². The van der Waals surface area contributed by atoms with Crippen LogP contribution >= 0.6 is 11.6 Å². The van der Waals surface area contributed by atoms with Crippen LogP contribution in [0.5, 0.6) is 5.75 Å². The van der Waals surface area contributed by atoms with Crippen LogP contribution in [0.2, 0.25) is 5.02 Å². The lowest BCUT2D eigenvalue weighted by Crippen LogP contribution is -2.14. The lowest BCUT2D eigenvalue weighted by molar-refractivity contribution is -0.115. The summed E-state index contributed by atoms with van der Waals surface area (Å²) in [5.74, 6) is -1.49. The van der Waals surface area contributed by atoms with Crippen molar-refractivity contribution >= 4 is 33.0 Å². The summed E-state index contributed by atoms with van der Waals surface area (Å²) >= 11 is 6.28. The number of rotatable bonds is 8. The number of hydrogen-bond acceptors (Lipinski definition) is 4. The van der Waals surface area contributed by atoms with E-state index in [1.807, 2.05) is 0 Å². The van der Waals surface area contributed by atoms with Gasteiger partial charge in [-0.05, 0) is 42.0 Å². The Labute approximate surface area is 194 Å². The summed E-state index contributed by atoms with van der Waals surface area (Å²) in [5.41, 5.74) is 1.46. The molecule has 3 aromatic rings. The van der Waals surface area contributed by atoms with E-state index < -0.39 is 22.3 Å². The lowest BCUT2D eigenvalue weighted by atomic mass is 10.0. The third-order valence-electron chi connectivity index (χ3n) is 4.73. The Balaban J connectivity index is 1.74. The summed E-state index contributed by atoms with van der Waals surface area (Å²) in [5, 5.41) is 2.80. The molecule has 0 aromatic heterocycles. The highest BCUT2D eigenvalue weighted by Gasteiger charge is 2.16. The summed E-state index contributed by atoms with van der Waals surface area (Å²) in [6.07, 6.45) is -0.00381. The largest absolute Gasteiger partial charge is 0.434 e. The van der Waals surface area contributed by atoms with Gasteiger partial charge in [0.1, 0.15) is 11.6 Å². The van der Waals surface area contributed by atoms with Crippen LogP contribution in [0.3, 0.4) is 0 Å². The van der Waals surface area contributed by atoms with Crippen molar-refractivity contribution < 1.29 is 31.1 Å². The number of carbonyl (C=O) groups excluding carboxylic acids is 1. The molecule has 0 bridgehead atoms. The number of amides is 1. The van der Waals surface area contributed by atoms with Crippen LogP contribution in [-0.4, -0.2) is 26.7 Å². The van der Waals surface area contributed by atoms with Gasteiger partial charge < -0.3 is 10.1 Å². The van der Waals surface area contributed by atoms with Crippen molar-refractivity contribution in [2.24, 2.45) is 0 Å². The second kappa shape index (κ2) is 10.3. The zero-order valence-electron chi connectivity index (χ0n) is 17.3. The molecule has 33 heavy (non-hydrogen) atoms. The molecule has 3 aromatic carbocycles. The summed E-state index contributed by atoms with van der Waals surface area (Å²) in [4.78, 5) is 12.6. The van der Waals surface area contributed by atoms with Crippen molar-refractivity contribution in [3.05, 3.63) is 77.1 Å². The summed E-state index contributed by atoms with van der Waals surface area (Å²) in [7, 11) is -3.32. The number of sulfone groups is 1. The molecule has 10 heteroatoms. The van der Waals surface area contributed by atoms with Gasteiger partial charge in [-0.25, -0.2) is 12.8 Å². The highest BCUT2D eigenvalue weighted by Crippen LogP contribution is 2.37. The average Bonchev–Trinajstić information content (AvgIpc) is 2.74.